The molecule has 1 heterocycles. The molecule has 0 spiro atoms. The molecule has 0 radical (unpaired) electrons. The van der Waals surface area contributed by atoms with E-state index < -0.39 is 17.5 Å². The number of carbonyl (C=O) groups excluding carboxylic acids is 1. The average Bonchev–Trinajstić information content (AvgIpc) is 3.06. The number of benzene rings is 2. The van der Waals surface area contributed by atoms with E-state index >= 15 is 0 Å². The van der Waals surface area contributed by atoms with Crippen molar-refractivity contribution in [2.75, 3.05) is 5.32 Å². The highest BCUT2D eigenvalue weighted by Gasteiger charge is 2.12. The van der Waals surface area contributed by atoms with Gasteiger partial charge in [-0.1, -0.05) is 24.2 Å². The van der Waals surface area contributed by atoms with Crippen LogP contribution in [0.2, 0.25) is 0 Å². The van der Waals surface area contributed by atoms with Crippen molar-refractivity contribution in [3.8, 4) is 11.4 Å². The highest BCUT2D eigenvalue weighted by Crippen LogP contribution is 2.19. The molecular formula is C17H13F2N3O2. The lowest BCUT2D eigenvalue weighted by Crippen LogP contribution is -2.13. The number of nitrogens with one attached hydrogen (secondary N) is 1. The molecule has 0 bridgehead atoms. The molecule has 5 nitrogen and oxygen atoms in total. The lowest BCUT2D eigenvalue weighted by Gasteiger charge is -2.06. The van der Waals surface area contributed by atoms with Crippen molar-refractivity contribution >= 4 is 11.6 Å². The topological polar surface area (TPSA) is 68.0 Å². The molecule has 3 rings (SSSR count). The van der Waals surface area contributed by atoms with Crippen molar-refractivity contribution in [1.29, 1.82) is 0 Å². The van der Waals surface area contributed by atoms with Crippen LogP contribution in [-0.2, 0) is 6.42 Å². The number of carbonyl (C=O) groups is 1. The summed E-state index contributed by atoms with van der Waals surface area (Å²) in [6.07, 6.45) is 0.636. The number of aromatic nitrogens is 2. The maximum Gasteiger partial charge on any atom is 0.255 e. The molecular weight excluding hydrogens is 316 g/mol. The van der Waals surface area contributed by atoms with E-state index in [0.717, 1.165) is 6.07 Å². The van der Waals surface area contributed by atoms with Crippen molar-refractivity contribution in [2.24, 2.45) is 0 Å². The van der Waals surface area contributed by atoms with E-state index in [9.17, 15) is 13.6 Å². The number of anilines is 1. The summed E-state index contributed by atoms with van der Waals surface area (Å²) >= 11 is 0. The molecule has 122 valence electrons. The molecule has 0 unspecified atom stereocenters. The molecule has 0 fully saturated rings. The predicted molar refractivity (Wildman–Crippen MR) is 83.4 cm³/mol. The fraction of sp³-hybridized carbons (Fsp3) is 0.118. The number of halogens is 2. The molecule has 7 heteroatoms. The minimum Gasteiger partial charge on any atom is -0.339 e. The van der Waals surface area contributed by atoms with Crippen molar-refractivity contribution in [2.45, 2.75) is 13.3 Å². The van der Waals surface area contributed by atoms with Gasteiger partial charge in [0.25, 0.3) is 5.91 Å². The first-order chi connectivity index (χ1) is 11.6. The molecule has 0 saturated carbocycles. The quantitative estimate of drug-likeness (QED) is 0.790. The van der Waals surface area contributed by atoms with Crippen molar-refractivity contribution in [3.05, 3.63) is 65.6 Å². The lowest BCUT2D eigenvalue weighted by atomic mass is 10.1. The van der Waals surface area contributed by atoms with E-state index in [0.29, 0.717) is 35.3 Å². The van der Waals surface area contributed by atoms with Crippen LogP contribution in [-0.4, -0.2) is 16.0 Å². The first-order valence-electron chi connectivity index (χ1n) is 7.26. The van der Waals surface area contributed by atoms with Crippen LogP contribution in [0.3, 0.4) is 0 Å². The Labute approximate surface area is 136 Å². The van der Waals surface area contributed by atoms with Gasteiger partial charge < -0.3 is 9.84 Å². The Morgan fingerprint density at radius 2 is 1.92 bits per heavy atom. The van der Waals surface area contributed by atoms with E-state index in [1.165, 1.54) is 6.07 Å². The Hall–Kier alpha value is -3.09. The molecule has 0 atom stereocenters. The van der Waals surface area contributed by atoms with Crippen LogP contribution in [0.5, 0.6) is 0 Å². The summed E-state index contributed by atoms with van der Waals surface area (Å²) in [5.41, 5.74) is 0.931. The Kier molecular flexibility index (Phi) is 4.33. The van der Waals surface area contributed by atoms with Gasteiger partial charge in [0.2, 0.25) is 11.7 Å². The van der Waals surface area contributed by atoms with Crippen LogP contribution < -0.4 is 5.32 Å². The first kappa shape index (κ1) is 15.8. The summed E-state index contributed by atoms with van der Waals surface area (Å²) in [6, 6.07) is 9.41. The van der Waals surface area contributed by atoms with Gasteiger partial charge in [0.1, 0.15) is 11.6 Å². The van der Waals surface area contributed by atoms with Gasteiger partial charge in [-0.3, -0.25) is 4.79 Å². The third-order valence-corrected chi connectivity index (χ3v) is 3.36. The van der Waals surface area contributed by atoms with Gasteiger partial charge in [-0.05, 0) is 24.3 Å². The second-order valence-corrected chi connectivity index (χ2v) is 5.02. The molecule has 3 aromatic rings. The zero-order chi connectivity index (χ0) is 17.1. The second kappa shape index (κ2) is 6.57. The summed E-state index contributed by atoms with van der Waals surface area (Å²) < 4.78 is 31.5. The van der Waals surface area contributed by atoms with E-state index in [4.69, 9.17) is 4.52 Å². The first-order valence-corrected chi connectivity index (χ1v) is 7.26. The zero-order valence-corrected chi connectivity index (χ0v) is 12.7. The number of rotatable bonds is 4. The van der Waals surface area contributed by atoms with Crippen LogP contribution in [0, 0.1) is 11.6 Å². The highest BCUT2D eigenvalue weighted by molar-refractivity contribution is 6.04. The summed E-state index contributed by atoms with van der Waals surface area (Å²) in [5, 5.41) is 6.24. The molecule has 0 aliphatic heterocycles. The van der Waals surface area contributed by atoms with E-state index in [-0.39, 0.29) is 5.69 Å². The zero-order valence-electron chi connectivity index (χ0n) is 12.7. The van der Waals surface area contributed by atoms with Crippen molar-refractivity contribution in [1.82, 2.24) is 10.1 Å². The molecule has 1 amide bonds. The maximum atomic E-state index is 13.6. The van der Waals surface area contributed by atoms with Gasteiger partial charge in [0.15, 0.2) is 0 Å². The third kappa shape index (κ3) is 3.29. The van der Waals surface area contributed by atoms with Crippen LogP contribution in [0.1, 0.15) is 23.2 Å². The molecule has 24 heavy (non-hydrogen) atoms. The van der Waals surface area contributed by atoms with Gasteiger partial charge >= 0.3 is 0 Å². The van der Waals surface area contributed by atoms with Gasteiger partial charge in [-0.15, -0.1) is 0 Å². The molecule has 0 saturated heterocycles. The number of aryl methyl sites for hydroxylation is 1. The fourth-order valence-electron chi connectivity index (χ4n) is 2.07. The third-order valence-electron chi connectivity index (χ3n) is 3.36. The van der Waals surface area contributed by atoms with Crippen LogP contribution in [0.25, 0.3) is 11.4 Å². The summed E-state index contributed by atoms with van der Waals surface area (Å²) in [4.78, 5) is 16.3. The number of nitrogens with zero attached hydrogens (tertiary/aromatic N) is 2. The summed E-state index contributed by atoms with van der Waals surface area (Å²) in [5.74, 6) is -1.09. The highest BCUT2D eigenvalue weighted by atomic mass is 19.1. The summed E-state index contributed by atoms with van der Waals surface area (Å²) in [6.45, 7) is 1.90. The minimum atomic E-state index is -0.834. The Morgan fingerprint density at radius 3 is 2.54 bits per heavy atom. The van der Waals surface area contributed by atoms with Gasteiger partial charge in [-0.2, -0.15) is 4.98 Å². The monoisotopic (exact) mass is 329 g/mol. The average molecular weight is 329 g/mol. The molecule has 2 aromatic carbocycles. The lowest BCUT2D eigenvalue weighted by molar-refractivity contribution is 0.102. The Morgan fingerprint density at radius 1 is 1.17 bits per heavy atom. The minimum absolute atomic E-state index is 0.0868. The standard InChI is InChI=1S/C17H13F2N3O2/c1-2-15-21-16(22-24-15)10-3-5-11(6-4-10)17(23)20-14-8-7-12(18)9-13(14)19/h3-9H,2H2,1H3,(H,20,23). The van der Waals surface area contributed by atoms with Gasteiger partial charge in [0.05, 0.1) is 5.69 Å². The van der Waals surface area contributed by atoms with Crippen LogP contribution >= 0.6 is 0 Å². The Balaban J connectivity index is 1.76. The van der Waals surface area contributed by atoms with Crippen LogP contribution in [0.15, 0.2) is 47.0 Å². The molecule has 1 N–H and O–H groups in total. The normalized spacial score (nSPS) is 10.6. The van der Waals surface area contributed by atoms with Gasteiger partial charge in [0, 0.05) is 23.6 Å². The number of amides is 1. The van der Waals surface area contributed by atoms with Gasteiger partial charge in [-0.25, -0.2) is 8.78 Å². The number of hydrogen-bond donors (Lipinski definition) is 1. The van der Waals surface area contributed by atoms with Crippen molar-refractivity contribution in [3.63, 3.8) is 0 Å². The molecule has 1 aromatic heterocycles. The Bertz CT molecular complexity index is 876. The predicted octanol–water partition coefficient (Wildman–Crippen LogP) is 3.83. The van der Waals surface area contributed by atoms with E-state index in [2.05, 4.69) is 15.5 Å². The maximum absolute atomic E-state index is 13.6. The van der Waals surface area contributed by atoms with E-state index in [1.54, 1.807) is 24.3 Å². The molecule has 0 aliphatic rings. The summed E-state index contributed by atoms with van der Waals surface area (Å²) in [7, 11) is 0. The van der Waals surface area contributed by atoms with Crippen molar-refractivity contribution < 1.29 is 18.1 Å². The smallest absolute Gasteiger partial charge is 0.255 e. The van der Waals surface area contributed by atoms with Crippen LogP contribution in [0.4, 0.5) is 14.5 Å². The second-order valence-electron chi connectivity index (χ2n) is 5.02. The van der Waals surface area contributed by atoms with E-state index in [1.807, 2.05) is 6.92 Å². The SMILES string of the molecule is CCc1nc(-c2ccc(C(=O)Nc3ccc(F)cc3F)cc2)no1. The number of hydrogen-bond acceptors (Lipinski definition) is 4. The largest absolute Gasteiger partial charge is 0.339 e. The fourth-order valence-corrected chi connectivity index (χ4v) is 2.07. The molecule has 0 aliphatic carbocycles.